The number of amides is 1. The molecule has 0 aliphatic rings. The van der Waals surface area contributed by atoms with Crippen LogP contribution < -0.4 is 10.1 Å². The molecule has 0 heterocycles. The minimum Gasteiger partial charge on any atom is -0.495 e. The van der Waals surface area contributed by atoms with Crippen molar-refractivity contribution in [3.05, 3.63) is 21.1 Å². The number of nitrogens with one attached hydrogen (secondary N) is 1. The first-order valence-corrected chi connectivity index (χ1v) is 7.17. The molecule has 0 fully saturated rings. The van der Waals surface area contributed by atoms with Gasteiger partial charge in [0.05, 0.1) is 21.6 Å². The van der Waals surface area contributed by atoms with E-state index in [1.54, 1.807) is 27.0 Å². The molecule has 0 radical (unpaired) electrons. The van der Waals surface area contributed by atoms with Gasteiger partial charge in [0.25, 0.3) is 0 Å². The van der Waals surface area contributed by atoms with Crippen LogP contribution in [0.5, 0.6) is 5.75 Å². The summed E-state index contributed by atoms with van der Waals surface area (Å²) in [6.45, 7) is 3.57. The van der Waals surface area contributed by atoms with Crippen LogP contribution in [0, 0.1) is 0 Å². The molecular weight excluding hydrogens is 418 g/mol. The predicted octanol–water partition coefficient (Wildman–Crippen LogP) is 4.33. The molecule has 0 aliphatic carbocycles. The van der Waals surface area contributed by atoms with Gasteiger partial charge in [-0.2, -0.15) is 0 Å². The number of carbonyl (C=O) groups is 1. The monoisotopic (exact) mass is 427 g/mol. The number of ether oxygens (including phenoxy) is 1. The third-order valence-electron chi connectivity index (χ3n) is 2.03. The van der Waals surface area contributed by atoms with Crippen molar-refractivity contribution in [1.82, 2.24) is 0 Å². The molecule has 0 aliphatic heterocycles. The molecule has 3 nitrogen and oxygen atoms in total. The summed E-state index contributed by atoms with van der Waals surface area (Å²) in [6, 6.07) is 3.58. The maximum absolute atomic E-state index is 11.8. The summed E-state index contributed by atoms with van der Waals surface area (Å²) in [5, 5.41) is 2.82. The summed E-state index contributed by atoms with van der Waals surface area (Å²) in [5.74, 6) is 0.540. The van der Waals surface area contributed by atoms with E-state index >= 15 is 0 Å². The summed E-state index contributed by atoms with van der Waals surface area (Å²) in [4.78, 5) is 11.8. The average molecular weight is 430 g/mol. The van der Waals surface area contributed by atoms with Crippen molar-refractivity contribution in [2.24, 2.45) is 0 Å². The zero-order chi connectivity index (χ0) is 13.2. The largest absolute Gasteiger partial charge is 0.495 e. The van der Waals surface area contributed by atoms with Crippen molar-refractivity contribution >= 4 is 59.4 Å². The molecule has 0 bridgehead atoms. The summed E-state index contributed by atoms with van der Waals surface area (Å²) in [7, 11) is 1.58. The van der Waals surface area contributed by atoms with E-state index in [0.29, 0.717) is 11.4 Å². The van der Waals surface area contributed by atoms with Crippen molar-refractivity contribution in [2.45, 2.75) is 18.2 Å². The standard InChI is InChI=1S/C11H12Br3NO2/c1-11(2,14)10(16)15-8-5-9(17-3)7(13)4-6(8)12/h4-5H,1-3H3,(H,15,16). The van der Waals surface area contributed by atoms with Gasteiger partial charge in [-0.3, -0.25) is 4.79 Å². The Hall–Kier alpha value is -0.0700. The fraction of sp³-hybridized carbons (Fsp3) is 0.364. The first-order chi connectivity index (χ1) is 7.75. The van der Waals surface area contributed by atoms with E-state index in [9.17, 15) is 4.79 Å². The Kier molecular flexibility index (Phi) is 5.04. The number of halogens is 3. The molecule has 0 aromatic heterocycles. The number of methoxy groups -OCH3 is 1. The van der Waals surface area contributed by atoms with Gasteiger partial charge in [0.2, 0.25) is 5.91 Å². The molecule has 0 unspecified atom stereocenters. The van der Waals surface area contributed by atoms with E-state index in [1.165, 1.54) is 0 Å². The van der Waals surface area contributed by atoms with Crippen LogP contribution in [0.3, 0.4) is 0 Å². The van der Waals surface area contributed by atoms with E-state index in [0.717, 1.165) is 8.95 Å². The van der Waals surface area contributed by atoms with Crippen LogP contribution in [0.4, 0.5) is 5.69 Å². The summed E-state index contributed by atoms with van der Waals surface area (Å²) in [6.07, 6.45) is 0. The van der Waals surface area contributed by atoms with Gasteiger partial charge in [-0.25, -0.2) is 0 Å². The Morgan fingerprint density at radius 3 is 2.35 bits per heavy atom. The second-order valence-corrected chi connectivity index (χ2v) is 7.58. The minimum atomic E-state index is -0.618. The van der Waals surface area contributed by atoms with Gasteiger partial charge < -0.3 is 10.1 Å². The van der Waals surface area contributed by atoms with Crippen LogP contribution in [-0.2, 0) is 4.79 Å². The molecule has 0 atom stereocenters. The number of alkyl halides is 1. The van der Waals surface area contributed by atoms with Gasteiger partial charge in [0.15, 0.2) is 0 Å². The molecule has 1 N–H and O–H groups in total. The zero-order valence-electron chi connectivity index (χ0n) is 9.61. The maximum atomic E-state index is 11.8. The van der Waals surface area contributed by atoms with Crippen molar-refractivity contribution in [3.8, 4) is 5.75 Å². The molecule has 94 valence electrons. The first-order valence-electron chi connectivity index (χ1n) is 4.79. The first kappa shape index (κ1) is 15.0. The summed E-state index contributed by atoms with van der Waals surface area (Å²) in [5.41, 5.74) is 0.669. The Morgan fingerprint density at radius 2 is 1.88 bits per heavy atom. The fourth-order valence-electron chi connectivity index (χ4n) is 1.05. The lowest BCUT2D eigenvalue weighted by Crippen LogP contribution is -2.31. The summed E-state index contributed by atoms with van der Waals surface area (Å²) < 4.78 is 6.17. The molecule has 0 spiro atoms. The van der Waals surface area contributed by atoms with Crippen LogP contribution in [0.15, 0.2) is 21.1 Å². The summed E-state index contributed by atoms with van der Waals surface area (Å²) >= 11 is 10.1. The highest BCUT2D eigenvalue weighted by molar-refractivity contribution is 9.11. The van der Waals surface area contributed by atoms with Crippen LogP contribution in [0.2, 0.25) is 0 Å². The molecule has 6 heteroatoms. The molecule has 0 saturated carbocycles. The molecule has 0 saturated heterocycles. The molecule has 1 amide bonds. The minimum absolute atomic E-state index is 0.123. The lowest BCUT2D eigenvalue weighted by Gasteiger charge is -2.17. The number of rotatable bonds is 3. The van der Waals surface area contributed by atoms with Crippen LogP contribution >= 0.6 is 47.8 Å². The highest BCUT2D eigenvalue weighted by Crippen LogP contribution is 2.35. The SMILES string of the molecule is COc1cc(NC(=O)C(C)(C)Br)c(Br)cc1Br. The molecule has 17 heavy (non-hydrogen) atoms. The molecule has 1 rings (SSSR count). The van der Waals surface area contributed by atoms with Crippen molar-refractivity contribution in [1.29, 1.82) is 0 Å². The zero-order valence-corrected chi connectivity index (χ0v) is 14.4. The van der Waals surface area contributed by atoms with Crippen LogP contribution in [0.1, 0.15) is 13.8 Å². The van der Waals surface area contributed by atoms with Gasteiger partial charge in [0, 0.05) is 10.5 Å². The number of benzene rings is 1. The van der Waals surface area contributed by atoms with Crippen molar-refractivity contribution < 1.29 is 9.53 Å². The smallest absolute Gasteiger partial charge is 0.240 e. The molecule has 1 aromatic rings. The third kappa shape index (κ3) is 3.96. The maximum Gasteiger partial charge on any atom is 0.240 e. The molecular formula is C11H12Br3NO2. The Bertz CT molecular complexity index is 441. The van der Waals surface area contributed by atoms with Crippen LogP contribution in [-0.4, -0.2) is 17.3 Å². The van der Waals surface area contributed by atoms with Gasteiger partial charge >= 0.3 is 0 Å². The normalized spacial score (nSPS) is 11.2. The van der Waals surface area contributed by atoms with E-state index in [4.69, 9.17) is 4.74 Å². The fourth-order valence-corrected chi connectivity index (χ4v) is 2.41. The lowest BCUT2D eigenvalue weighted by molar-refractivity contribution is -0.117. The van der Waals surface area contributed by atoms with E-state index < -0.39 is 4.32 Å². The number of hydrogen-bond acceptors (Lipinski definition) is 2. The van der Waals surface area contributed by atoms with Crippen LogP contribution in [0.25, 0.3) is 0 Å². The molecule has 1 aromatic carbocycles. The van der Waals surface area contributed by atoms with E-state index in [1.807, 2.05) is 6.07 Å². The van der Waals surface area contributed by atoms with E-state index in [2.05, 4.69) is 53.1 Å². The number of carbonyl (C=O) groups excluding carboxylic acids is 1. The van der Waals surface area contributed by atoms with Gasteiger partial charge in [-0.05, 0) is 51.8 Å². The third-order valence-corrected chi connectivity index (χ3v) is 3.67. The topological polar surface area (TPSA) is 38.3 Å². The van der Waals surface area contributed by atoms with Gasteiger partial charge in [-0.1, -0.05) is 15.9 Å². The lowest BCUT2D eigenvalue weighted by atomic mass is 10.2. The van der Waals surface area contributed by atoms with Crippen molar-refractivity contribution in [3.63, 3.8) is 0 Å². The Morgan fingerprint density at radius 1 is 1.29 bits per heavy atom. The highest BCUT2D eigenvalue weighted by Gasteiger charge is 2.24. The number of anilines is 1. The second-order valence-electron chi connectivity index (χ2n) is 3.89. The van der Waals surface area contributed by atoms with Gasteiger partial charge in [-0.15, -0.1) is 0 Å². The van der Waals surface area contributed by atoms with Crippen molar-refractivity contribution in [2.75, 3.05) is 12.4 Å². The number of hydrogen-bond donors (Lipinski definition) is 1. The van der Waals surface area contributed by atoms with E-state index in [-0.39, 0.29) is 5.91 Å². The van der Waals surface area contributed by atoms with Gasteiger partial charge in [0.1, 0.15) is 5.75 Å². The predicted molar refractivity (Wildman–Crippen MR) is 80.0 cm³/mol. The quantitative estimate of drug-likeness (QED) is 0.726. The second kappa shape index (κ2) is 5.71. The Balaban J connectivity index is 3.03. The average Bonchev–Trinajstić information content (AvgIpc) is 2.20. The highest BCUT2D eigenvalue weighted by atomic mass is 79.9. The Labute approximate surface area is 126 Å².